The van der Waals surface area contributed by atoms with E-state index in [0.29, 0.717) is 0 Å². The van der Waals surface area contributed by atoms with Crippen molar-refractivity contribution < 1.29 is 4.42 Å². The monoisotopic (exact) mass is 242 g/mol. The van der Waals surface area contributed by atoms with E-state index in [4.69, 9.17) is 10.2 Å². The predicted octanol–water partition coefficient (Wildman–Crippen LogP) is 2.55. The molecule has 2 aromatic rings. The molecule has 0 bridgehead atoms. The first-order valence-corrected chi connectivity index (χ1v) is 6.41. The molecular weight excluding hydrogens is 224 g/mol. The van der Waals surface area contributed by atoms with Gasteiger partial charge in [0.15, 0.2) is 0 Å². The average Bonchev–Trinajstić information content (AvgIpc) is 3.01. The Bertz CT molecular complexity index is 480. The van der Waals surface area contributed by atoms with Gasteiger partial charge in [0.1, 0.15) is 5.76 Å². The summed E-state index contributed by atoms with van der Waals surface area (Å²) in [5, 5.41) is 0. The van der Waals surface area contributed by atoms with E-state index in [1.165, 1.54) is 5.56 Å². The van der Waals surface area contributed by atoms with Crippen molar-refractivity contribution in [3.63, 3.8) is 0 Å². The van der Waals surface area contributed by atoms with Crippen molar-refractivity contribution in [2.24, 2.45) is 5.73 Å². The molecule has 1 aromatic heterocycles. The fraction of sp³-hybridized carbons (Fsp3) is 0.333. The quantitative estimate of drug-likeness (QED) is 0.899. The van der Waals surface area contributed by atoms with Crippen LogP contribution in [-0.4, -0.2) is 17.5 Å². The van der Waals surface area contributed by atoms with E-state index in [-0.39, 0.29) is 12.1 Å². The van der Waals surface area contributed by atoms with Crippen molar-refractivity contribution in [2.75, 3.05) is 6.54 Å². The second-order valence-corrected chi connectivity index (χ2v) is 4.87. The van der Waals surface area contributed by atoms with E-state index in [0.717, 1.165) is 25.3 Å². The molecule has 1 saturated heterocycles. The number of likely N-dealkylation sites (tertiary alicyclic amines) is 1. The molecule has 0 aliphatic carbocycles. The zero-order valence-electron chi connectivity index (χ0n) is 10.3. The van der Waals surface area contributed by atoms with E-state index in [1.54, 1.807) is 6.26 Å². The maximum absolute atomic E-state index is 6.21. The molecule has 3 rings (SSSR count). The fourth-order valence-corrected chi connectivity index (χ4v) is 2.73. The van der Waals surface area contributed by atoms with Gasteiger partial charge in [0.25, 0.3) is 0 Å². The Balaban J connectivity index is 1.79. The van der Waals surface area contributed by atoms with Crippen LogP contribution in [0.15, 0.2) is 53.1 Å². The van der Waals surface area contributed by atoms with Gasteiger partial charge in [0.05, 0.1) is 12.3 Å². The van der Waals surface area contributed by atoms with Crippen LogP contribution in [0.5, 0.6) is 0 Å². The SMILES string of the molecule is NC1CCN(Cc2ccccc2)C1c1ccco1. The highest BCUT2D eigenvalue weighted by Gasteiger charge is 2.34. The Morgan fingerprint density at radius 3 is 2.72 bits per heavy atom. The Kier molecular flexibility index (Phi) is 3.17. The van der Waals surface area contributed by atoms with Crippen molar-refractivity contribution in [3.8, 4) is 0 Å². The maximum atomic E-state index is 6.21. The van der Waals surface area contributed by atoms with E-state index in [2.05, 4.69) is 29.2 Å². The fourth-order valence-electron chi connectivity index (χ4n) is 2.73. The lowest BCUT2D eigenvalue weighted by Crippen LogP contribution is -2.31. The molecule has 1 aliphatic heterocycles. The van der Waals surface area contributed by atoms with Crippen LogP contribution in [0.1, 0.15) is 23.8 Å². The lowest BCUT2D eigenvalue weighted by atomic mass is 10.1. The largest absolute Gasteiger partial charge is 0.468 e. The van der Waals surface area contributed by atoms with E-state index < -0.39 is 0 Å². The van der Waals surface area contributed by atoms with Gasteiger partial charge in [0, 0.05) is 19.1 Å². The molecule has 2 atom stereocenters. The van der Waals surface area contributed by atoms with Gasteiger partial charge in [-0.15, -0.1) is 0 Å². The smallest absolute Gasteiger partial charge is 0.122 e. The minimum absolute atomic E-state index is 0.167. The summed E-state index contributed by atoms with van der Waals surface area (Å²) in [5.41, 5.74) is 7.53. The molecule has 2 unspecified atom stereocenters. The van der Waals surface area contributed by atoms with Gasteiger partial charge in [-0.25, -0.2) is 0 Å². The molecular formula is C15H18N2O. The molecule has 3 nitrogen and oxygen atoms in total. The summed E-state index contributed by atoms with van der Waals surface area (Å²) in [6, 6.07) is 14.8. The van der Waals surface area contributed by atoms with Crippen molar-refractivity contribution >= 4 is 0 Å². The van der Waals surface area contributed by atoms with Crippen LogP contribution in [0.4, 0.5) is 0 Å². The summed E-state index contributed by atoms with van der Waals surface area (Å²) in [4.78, 5) is 2.40. The van der Waals surface area contributed by atoms with Gasteiger partial charge >= 0.3 is 0 Å². The highest BCUT2D eigenvalue weighted by Crippen LogP contribution is 2.32. The van der Waals surface area contributed by atoms with Gasteiger partial charge in [-0.2, -0.15) is 0 Å². The Hall–Kier alpha value is -1.58. The first-order valence-electron chi connectivity index (χ1n) is 6.41. The van der Waals surface area contributed by atoms with E-state index in [1.807, 2.05) is 18.2 Å². The summed E-state index contributed by atoms with van der Waals surface area (Å²) in [5.74, 6) is 0.982. The molecule has 94 valence electrons. The Labute approximate surface area is 107 Å². The van der Waals surface area contributed by atoms with Gasteiger partial charge in [-0.1, -0.05) is 30.3 Å². The zero-order chi connectivity index (χ0) is 12.4. The highest BCUT2D eigenvalue weighted by atomic mass is 16.3. The summed E-state index contributed by atoms with van der Waals surface area (Å²) in [6.07, 6.45) is 2.75. The number of benzene rings is 1. The van der Waals surface area contributed by atoms with Crippen molar-refractivity contribution in [2.45, 2.75) is 25.0 Å². The second-order valence-electron chi connectivity index (χ2n) is 4.87. The molecule has 2 heterocycles. The van der Waals surface area contributed by atoms with Crippen molar-refractivity contribution in [3.05, 3.63) is 60.1 Å². The number of nitrogens with two attached hydrogens (primary N) is 1. The van der Waals surface area contributed by atoms with Crippen LogP contribution in [0.2, 0.25) is 0 Å². The van der Waals surface area contributed by atoms with Crippen LogP contribution >= 0.6 is 0 Å². The van der Waals surface area contributed by atoms with E-state index >= 15 is 0 Å². The third kappa shape index (κ3) is 2.19. The number of hydrogen-bond acceptors (Lipinski definition) is 3. The summed E-state index contributed by atoms with van der Waals surface area (Å²) in [7, 11) is 0. The van der Waals surface area contributed by atoms with E-state index in [9.17, 15) is 0 Å². The normalized spacial score (nSPS) is 24.5. The standard InChI is InChI=1S/C15H18N2O/c16-13-8-9-17(11-12-5-2-1-3-6-12)15(13)14-7-4-10-18-14/h1-7,10,13,15H,8-9,11,16H2. The first-order chi connectivity index (χ1) is 8.84. The van der Waals surface area contributed by atoms with Crippen LogP contribution < -0.4 is 5.73 Å². The maximum Gasteiger partial charge on any atom is 0.122 e. The molecule has 1 aliphatic rings. The summed E-state index contributed by atoms with van der Waals surface area (Å²) >= 11 is 0. The van der Waals surface area contributed by atoms with Crippen LogP contribution in [0.3, 0.4) is 0 Å². The molecule has 1 aromatic carbocycles. The lowest BCUT2D eigenvalue weighted by molar-refractivity contribution is 0.211. The number of hydrogen-bond donors (Lipinski definition) is 1. The van der Waals surface area contributed by atoms with Crippen LogP contribution in [0.25, 0.3) is 0 Å². The number of rotatable bonds is 3. The minimum atomic E-state index is 0.167. The third-order valence-electron chi connectivity index (χ3n) is 3.61. The molecule has 0 spiro atoms. The van der Waals surface area contributed by atoms with Crippen molar-refractivity contribution in [1.29, 1.82) is 0 Å². The molecule has 2 N–H and O–H groups in total. The molecule has 18 heavy (non-hydrogen) atoms. The van der Waals surface area contributed by atoms with Crippen LogP contribution in [0, 0.1) is 0 Å². The van der Waals surface area contributed by atoms with Gasteiger partial charge < -0.3 is 10.2 Å². The van der Waals surface area contributed by atoms with Crippen LogP contribution in [-0.2, 0) is 6.54 Å². The van der Waals surface area contributed by atoms with Gasteiger partial charge in [-0.05, 0) is 24.1 Å². The predicted molar refractivity (Wildman–Crippen MR) is 70.9 cm³/mol. The zero-order valence-corrected chi connectivity index (χ0v) is 10.3. The molecule has 0 saturated carbocycles. The topological polar surface area (TPSA) is 42.4 Å². The summed E-state index contributed by atoms with van der Waals surface area (Å²) in [6.45, 7) is 1.96. The minimum Gasteiger partial charge on any atom is -0.468 e. The molecule has 3 heteroatoms. The third-order valence-corrected chi connectivity index (χ3v) is 3.61. The highest BCUT2D eigenvalue weighted by molar-refractivity contribution is 5.17. The Morgan fingerprint density at radius 2 is 2.00 bits per heavy atom. The van der Waals surface area contributed by atoms with Crippen molar-refractivity contribution in [1.82, 2.24) is 4.90 Å². The molecule has 0 amide bonds. The van der Waals surface area contributed by atoms with Gasteiger partial charge in [0.2, 0.25) is 0 Å². The first kappa shape index (κ1) is 11.5. The number of nitrogens with zero attached hydrogens (tertiary/aromatic N) is 1. The molecule has 1 fully saturated rings. The Morgan fingerprint density at radius 1 is 1.17 bits per heavy atom. The lowest BCUT2D eigenvalue weighted by Gasteiger charge is -2.24. The average molecular weight is 242 g/mol. The second kappa shape index (κ2) is 4.96. The number of furan rings is 1. The van der Waals surface area contributed by atoms with Gasteiger partial charge in [-0.3, -0.25) is 4.90 Å². The summed E-state index contributed by atoms with van der Waals surface area (Å²) < 4.78 is 5.53. The molecule has 0 radical (unpaired) electrons.